The van der Waals surface area contributed by atoms with Gasteiger partial charge in [-0.3, -0.25) is 0 Å². The molecule has 0 aliphatic carbocycles. The highest BCUT2D eigenvalue weighted by molar-refractivity contribution is 8.00. The van der Waals surface area contributed by atoms with E-state index in [1.54, 1.807) is 23.1 Å². The Morgan fingerprint density at radius 2 is 2.30 bits per heavy atom. The predicted molar refractivity (Wildman–Crippen MR) is 91.7 cm³/mol. The number of thioether (sulfide) groups is 1. The van der Waals surface area contributed by atoms with Crippen LogP contribution in [0.3, 0.4) is 0 Å². The van der Waals surface area contributed by atoms with Gasteiger partial charge in [0.05, 0.1) is 12.8 Å². The maximum absolute atomic E-state index is 6.12. The molecule has 0 spiro atoms. The minimum Gasteiger partial charge on any atom is -0.493 e. The lowest BCUT2D eigenvalue weighted by Crippen LogP contribution is -2.08. The number of benzene rings is 1. The maximum atomic E-state index is 6.12. The molecule has 0 radical (unpaired) electrons. The van der Waals surface area contributed by atoms with Gasteiger partial charge in [-0.05, 0) is 37.3 Å². The van der Waals surface area contributed by atoms with Crippen molar-refractivity contribution in [2.45, 2.75) is 17.2 Å². The summed E-state index contributed by atoms with van der Waals surface area (Å²) in [5.74, 6) is 1.73. The van der Waals surface area contributed by atoms with Gasteiger partial charge >= 0.3 is 0 Å². The standard InChI is InChI=1S/C16H13N3O2S2/c1-22-16-18-19-8-11(17-15(19)23-16)13-7-9-4-5-12-10(14(9)21-13)3-2-6-20-12/h4-5,7-8H,2-3,6H2,1H3. The van der Waals surface area contributed by atoms with Gasteiger partial charge < -0.3 is 9.15 Å². The number of fused-ring (bicyclic) bond motifs is 4. The average molecular weight is 343 g/mol. The topological polar surface area (TPSA) is 52.6 Å². The molecule has 1 aliphatic heterocycles. The van der Waals surface area contributed by atoms with Crippen molar-refractivity contribution in [3.8, 4) is 17.2 Å². The highest BCUT2D eigenvalue weighted by Crippen LogP contribution is 2.36. The first-order valence-electron chi connectivity index (χ1n) is 7.40. The van der Waals surface area contributed by atoms with Gasteiger partial charge in [0, 0.05) is 10.9 Å². The van der Waals surface area contributed by atoms with Crippen molar-refractivity contribution in [3.63, 3.8) is 0 Å². The Labute approximate surface area is 140 Å². The molecule has 0 fully saturated rings. The Kier molecular flexibility index (Phi) is 2.93. The monoisotopic (exact) mass is 343 g/mol. The first kappa shape index (κ1) is 13.4. The Hall–Kier alpha value is -1.99. The zero-order valence-corrected chi connectivity index (χ0v) is 14.0. The number of rotatable bonds is 2. The summed E-state index contributed by atoms with van der Waals surface area (Å²) in [6, 6.07) is 6.13. The smallest absolute Gasteiger partial charge is 0.213 e. The molecule has 5 nitrogen and oxygen atoms in total. The summed E-state index contributed by atoms with van der Waals surface area (Å²) in [4.78, 5) is 5.52. The Bertz CT molecular complexity index is 999. The van der Waals surface area contributed by atoms with Crippen LogP contribution >= 0.6 is 23.1 Å². The van der Waals surface area contributed by atoms with Crippen molar-refractivity contribution < 1.29 is 9.15 Å². The quantitative estimate of drug-likeness (QED) is 0.509. The van der Waals surface area contributed by atoms with Gasteiger partial charge in [0.15, 0.2) is 10.1 Å². The summed E-state index contributed by atoms with van der Waals surface area (Å²) in [6.07, 6.45) is 5.97. The van der Waals surface area contributed by atoms with E-state index in [9.17, 15) is 0 Å². The van der Waals surface area contributed by atoms with Gasteiger partial charge in [0.2, 0.25) is 4.96 Å². The fourth-order valence-electron chi connectivity index (χ4n) is 2.96. The van der Waals surface area contributed by atoms with Crippen LogP contribution < -0.4 is 4.74 Å². The molecule has 1 aliphatic rings. The number of ether oxygens (including phenoxy) is 1. The summed E-state index contributed by atoms with van der Waals surface area (Å²) in [7, 11) is 0. The zero-order valence-electron chi connectivity index (χ0n) is 12.4. The number of furan rings is 1. The minimum atomic E-state index is 0.780. The van der Waals surface area contributed by atoms with Crippen LogP contribution in [0.5, 0.6) is 5.75 Å². The molecule has 0 saturated heterocycles. The minimum absolute atomic E-state index is 0.780. The van der Waals surface area contributed by atoms with Crippen molar-refractivity contribution in [2.24, 2.45) is 0 Å². The van der Waals surface area contributed by atoms with Gasteiger partial charge in [-0.1, -0.05) is 23.1 Å². The van der Waals surface area contributed by atoms with E-state index in [0.717, 1.165) is 56.9 Å². The molecule has 0 atom stereocenters. The van der Waals surface area contributed by atoms with Crippen LogP contribution in [0.1, 0.15) is 12.0 Å². The second-order valence-corrected chi connectivity index (χ2v) is 7.46. The lowest BCUT2D eigenvalue weighted by Gasteiger charge is -2.16. The van der Waals surface area contributed by atoms with Gasteiger partial charge in [-0.15, -0.1) is 5.10 Å². The second kappa shape index (κ2) is 5.01. The van der Waals surface area contributed by atoms with Crippen LogP contribution in [0.2, 0.25) is 0 Å². The molecular formula is C16H13N3O2S2. The molecule has 116 valence electrons. The molecule has 7 heteroatoms. The van der Waals surface area contributed by atoms with E-state index in [0.29, 0.717) is 0 Å². The number of aromatic nitrogens is 3. The second-order valence-electron chi connectivity index (χ2n) is 5.45. The van der Waals surface area contributed by atoms with Crippen LogP contribution in [0, 0.1) is 0 Å². The molecular weight excluding hydrogens is 330 g/mol. The molecule has 0 saturated carbocycles. The van der Waals surface area contributed by atoms with Crippen LogP contribution in [0.25, 0.3) is 27.4 Å². The zero-order chi connectivity index (χ0) is 15.4. The Morgan fingerprint density at radius 3 is 3.17 bits per heavy atom. The van der Waals surface area contributed by atoms with Crippen molar-refractivity contribution in [1.29, 1.82) is 0 Å². The first-order chi connectivity index (χ1) is 11.3. The molecule has 0 bridgehead atoms. The van der Waals surface area contributed by atoms with E-state index in [-0.39, 0.29) is 0 Å². The highest BCUT2D eigenvalue weighted by Gasteiger charge is 2.19. The number of hydrogen-bond acceptors (Lipinski definition) is 6. The summed E-state index contributed by atoms with van der Waals surface area (Å²) in [6.45, 7) is 0.785. The van der Waals surface area contributed by atoms with Crippen LogP contribution in [0.15, 0.2) is 33.2 Å². The number of nitrogens with zero attached hydrogens (tertiary/aromatic N) is 3. The molecule has 0 unspecified atom stereocenters. The van der Waals surface area contributed by atoms with Gasteiger partial charge in [-0.25, -0.2) is 9.50 Å². The molecule has 0 N–H and O–H groups in total. The number of aryl methyl sites for hydroxylation is 1. The van der Waals surface area contributed by atoms with E-state index >= 15 is 0 Å². The molecule has 3 aromatic heterocycles. The molecule has 23 heavy (non-hydrogen) atoms. The SMILES string of the molecule is CSc1nn2cc(-c3cc4ccc5c(c4o3)CCCO5)nc2s1. The molecule has 4 heterocycles. The predicted octanol–water partition coefficient (Wildman–Crippen LogP) is 4.25. The van der Waals surface area contributed by atoms with Crippen molar-refractivity contribution in [3.05, 3.63) is 30.0 Å². The van der Waals surface area contributed by atoms with Crippen LogP contribution in [-0.4, -0.2) is 27.5 Å². The van der Waals surface area contributed by atoms with Crippen LogP contribution in [0.4, 0.5) is 0 Å². The molecule has 1 aromatic carbocycles. The van der Waals surface area contributed by atoms with E-state index < -0.39 is 0 Å². The van der Waals surface area contributed by atoms with E-state index in [2.05, 4.69) is 16.1 Å². The van der Waals surface area contributed by atoms with Gasteiger partial charge in [0.1, 0.15) is 17.0 Å². The Balaban J connectivity index is 1.65. The molecule has 4 aromatic rings. The van der Waals surface area contributed by atoms with Crippen LogP contribution in [-0.2, 0) is 6.42 Å². The maximum Gasteiger partial charge on any atom is 0.213 e. The highest BCUT2D eigenvalue weighted by atomic mass is 32.2. The third-order valence-electron chi connectivity index (χ3n) is 4.03. The van der Waals surface area contributed by atoms with Crippen molar-refractivity contribution in [2.75, 3.05) is 12.9 Å². The lowest BCUT2D eigenvalue weighted by atomic mass is 10.0. The van der Waals surface area contributed by atoms with Gasteiger partial charge in [-0.2, -0.15) is 0 Å². The molecule has 5 rings (SSSR count). The average Bonchev–Trinajstić information content (AvgIpc) is 3.26. The number of imidazole rings is 1. The van der Waals surface area contributed by atoms with E-state index in [4.69, 9.17) is 9.15 Å². The largest absolute Gasteiger partial charge is 0.493 e. The molecule has 0 amide bonds. The third kappa shape index (κ3) is 2.07. The normalized spacial score (nSPS) is 14.3. The van der Waals surface area contributed by atoms with E-state index in [1.165, 1.54) is 5.56 Å². The van der Waals surface area contributed by atoms with E-state index in [1.807, 2.05) is 29.1 Å². The van der Waals surface area contributed by atoms with Crippen molar-refractivity contribution in [1.82, 2.24) is 14.6 Å². The third-order valence-corrected chi connectivity index (χ3v) is 5.93. The lowest BCUT2D eigenvalue weighted by molar-refractivity contribution is 0.288. The fourth-order valence-corrected chi connectivity index (χ4v) is 4.30. The number of hydrogen-bond donors (Lipinski definition) is 0. The summed E-state index contributed by atoms with van der Waals surface area (Å²) < 4.78 is 14.7. The summed E-state index contributed by atoms with van der Waals surface area (Å²) in [5, 5.41) is 5.57. The summed E-state index contributed by atoms with van der Waals surface area (Å²) in [5.41, 5.74) is 2.91. The fraction of sp³-hybridized carbons (Fsp3) is 0.250. The van der Waals surface area contributed by atoms with Crippen molar-refractivity contribution >= 4 is 39.0 Å². The Morgan fingerprint density at radius 1 is 1.35 bits per heavy atom. The summed E-state index contributed by atoms with van der Waals surface area (Å²) >= 11 is 3.21. The first-order valence-corrected chi connectivity index (χ1v) is 9.45. The van der Waals surface area contributed by atoms with Gasteiger partial charge in [0.25, 0.3) is 0 Å².